The van der Waals surface area contributed by atoms with Crippen LogP contribution < -0.4 is 5.32 Å². The molecule has 0 bridgehead atoms. The van der Waals surface area contributed by atoms with Gasteiger partial charge in [-0.1, -0.05) is 0 Å². The van der Waals surface area contributed by atoms with E-state index in [-0.39, 0.29) is 17.6 Å². The molecule has 24 heavy (non-hydrogen) atoms. The first-order valence-corrected chi connectivity index (χ1v) is 7.81. The SMILES string of the molecule is CNCCN1C(=O)c2cc(C)c3[nH]c4ccc(O)cc4c3c2C1=O. The van der Waals surface area contributed by atoms with Crippen molar-refractivity contribution in [1.82, 2.24) is 15.2 Å². The summed E-state index contributed by atoms with van der Waals surface area (Å²) in [6.45, 7) is 2.78. The Morgan fingerprint density at radius 1 is 1.21 bits per heavy atom. The van der Waals surface area contributed by atoms with Crippen LogP contribution in [0.15, 0.2) is 24.3 Å². The molecular weight excluding hydrogens is 306 g/mol. The van der Waals surface area contributed by atoms with E-state index in [4.69, 9.17) is 0 Å². The molecule has 0 aliphatic carbocycles. The Balaban J connectivity index is 2.05. The van der Waals surface area contributed by atoms with Gasteiger partial charge in [-0.25, -0.2) is 0 Å². The van der Waals surface area contributed by atoms with Crippen LogP contribution in [0, 0.1) is 6.92 Å². The molecule has 0 fully saturated rings. The minimum atomic E-state index is -0.278. The number of fused-ring (bicyclic) bond motifs is 5. The van der Waals surface area contributed by atoms with Crippen molar-refractivity contribution >= 4 is 33.6 Å². The highest BCUT2D eigenvalue weighted by atomic mass is 16.3. The van der Waals surface area contributed by atoms with Gasteiger partial charge in [0.1, 0.15) is 5.75 Å². The highest BCUT2D eigenvalue weighted by Crippen LogP contribution is 2.37. The second kappa shape index (κ2) is 5.07. The first-order valence-electron chi connectivity index (χ1n) is 7.81. The van der Waals surface area contributed by atoms with Crippen LogP contribution in [-0.4, -0.2) is 46.9 Å². The summed E-state index contributed by atoms with van der Waals surface area (Å²) in [5.74, 6) is -0.410. The van der Waals surface area contributed by atoms with E-state index in [9.17, 15) is 14.7 Å². The predicted molar refractivity (Wildman–Crippen MR) is 91.5 cm³/mol. The molecule has 1 aliphatic heterocycles. The number of aromatic amines is 1. The molecule has 1 aliphatic rings. The van der Waals surface area contributed by atoms with Gasteiger partial charge in [0, 0.05) is 29.4 Å². The summed E-state index contributed by atoms with van der Waals surface area (Å²) in [7, 11) is 1.78. The van der Waals surface area contributed by atoms with Crippen molar-refractivity contribution in [2.24, 2.45) is 0 Å². The lowest BCUT2D eigenvalue weighted by Gasteiger charge is -2.12. The van der Waals surface area contributed by atoms with Crippen LogP contribution in [0.1, 0.15) is 26.3 Å². The van der Waals surface area contributed by atoms with Crippen molar-refractivity contribution in [3.63, 3.8) is 0 Å². The summed E-state index contributed by atoms with van der Waals surface area (Å²) in [5.41, 5.74) is 3.41. The third-order valence-corrected chi connectivity index (χ3v) is 4.58. The third-order valence-electron chi connectivity index (χ3n) is 4.58. The zero-order valence-electron chi connectivity index (χ0n) is 13.4. The number of nitrogens with one attached hydrogen (secondary N) is 2. The smallest absolute Gasteiger partial charge is 0.262 e. The normalized spacial score (nSPS) is 14.2. The van der Waals surface area contributed by atoms with E-state index in [1.165, 1.54) is 4.90 Å². The molecule has 4 rings (SSSR count). The van der Waals surface area contributed by atoms with Crippen LogP contribution in [0.4, 0.5) is 0 Å². The van der Waals surface area contributed by atoms with Crippen LogP contribution >= 0.6 is 0 Å². The van der Waals surface area contributed by atoms with E-state index in [1.54, 1.807) is 31.3 Å². The molecule has 1 aromatic heterocycles. The number of rotatable bonds is 3. The molecule has 3 N–H and O–H groups in total. The molecule has 0 radical (unpaired) electrons. The maximum absolute atomic E-state index is 12.9. The average Bonchev–Trinajstić information content (AvgIpc) is 3.03. The zero-order valence-corrected chi connectivity index (χ0v) is 13.4. The zero-order chi connectivity index (χ0) is 17.0. The molecule has 0 saturated heterocycles. The molecule has 6 nitrogen and oxygen atoms in total. The van der Waals surface area contributed by atoms with Crippen molar-refractivity contribution in [3.8, 4) is 5.75 Å². The molecule has 0 atom stereocenters. The molecule has 2 amide bonds. The molecule has 2 heterocycles. The van der Waals surface area contributed by atoms with Gasteiger partial charge < -0.3 is 15.4 Å². The van der Waals surface area contributed by atoms with Gasteiger partial charge in [0.15, 0.2) is 0 Å². The van der Waals surface area contributed by atoms with E-state index in [1.807, 2.05) is 6.92 Å². The number of nitrogens with zero attached hydrogens (tertiary/aromatic N) is 1. The Bertz CT molecular complexity index is 1020. The standard InChI is InChI=1S/C18H17N3O3/c1-9-7-12-15(18(24)21(17(12)23)6-5-19-2)14-11-8-10(22)3-4-13(11)20-16(9)14/h3-4,7-8,19-20,22H,5-6H2,1-2H3. The van der Waals surface area contributed by atoms with Gasteiger partial charge >= 0.3 is 0 Å². The monoisotopic (exact) mass is 323 g/mol. The topological polar surface area (TPSA) is 85.4 Å². The van der Waals surface area contributed by atoms with E-state index < -0.39 is 0 Å². The highest BCUT2D eigenvalue weighted by Gasteiger charge is 2.37. The molecule has 0 spiro atoms. The number of likely N-dealkylation sites (N-methyl/N-ethyl adjacent to an activating group) is 1. The highest BCUT2D eigenvalue weighted by molar-refractivity contribution is 6.30. The number of carbonyl (C=O) groups is 2. The summed E-state index contributed by atoms with van der Waals surface area (Å²) < 4.78 is 0. The first kappa shape index (κ1) is 14.7. The van der Waals surface area contributed by atoms with Gasteiger partial charge in [-0.05, 0) is 43.8 Å². The van der Waals surface area contributed by atoms with Crippen molar-refractivity contribution < 1.29 is 14.7 Å². The lowest BCUT2D eigenvalue weighted by Crippen LogP contribution is -2.35. The van der Waals surface area contributed by atoms with Gasteiger partial charge in [-0.3, -0.25) is 14.5 Å². The van der Waals surface area contributed by atoms with E-state index in [0.717, 1.165) is 22.0 Å². The summed E-state index contributed by atoms with van der Waals surface area (Å²) in [6, 6.07) is 6.77. The summed E-state index contributed by atoms with van der Waals surface area (Å²) in [5, 5.41) is 14.2. The predicted octanol–water partition coefficient (Wildman–Crippen LogP) is 2.15. The molecular formula is C18H17N3O3. The average molecular weight is 323 g/mol. The third kappa shape index (κ3) is 1.86. The number of aromatic hydroxyl groups is 1. The van der Waals surface area contributed by atoms with Gasteiger partial charge in [0.25, 0.3) is 11.8 Å². The molecule has 2 aromatic carbocycles. The fourth-order valence-corrected chi connectivity index (χ4v) is 3.42. The molecule has 0 saturated carbocycles. The van der Waals surface area contributed by atoms with Crippen LogP contribution in [-0.2, 0) is 0 Å². The Morgan fingerprint density at radius 2 is 2.00 bits per heavy atom. The number of amides is 2. The molecule has 6 heteroatoms. The number of aromatic nitrogens is 1. The van der Waals surface area contributed by atoms with Gasteiger partial charge in [0.05, 0.1) is 16.6 Å². The van der Waals surface area contributed by atoms with Crippen LogP contribution in [0.2, 0.25) is 0 Å². The number of benzene rings is 2. The fraction of sp³-hybridized carbons (Fsp3) is 0.222. The summed E-state index contributed by atoms with van der Waals surface area (Å²) in [4.78, 5) is 30.1. The lowest BCUT2D eigenvalue weighted by molar-refractivity contribution is 0.0657. The fourth-order valence-electron chi connectivity index (χ4n) is 3.42. The second-order valence-electron chi connectivity index (χ2n) is 6.09. The lowest BCUT2D eigenvalue weighted by atomic mass is 9.99. The maximum atomic E-state index is 12.9. The molecule has 122 valence electrons. The minimum absolute atomic E-state index is 0.127. The largest absolute Gasteiger partial charge is 0.508 e. The maximum Gasteiger partial charge on any atom is 0.262 e. The number of hydrogen-bond acceptors (Lipinski definition) is 4. The number of imide groups is 1. The van der Waals surface area contributed by atoms with Crippen molar-refractivity contribution in [1.29, 1.82) is 0 Å². The number of phenolic OH excluding ortho intramolecular Hbond substituents is 1. The van der Waals surface area contributed by atoms with Crippen molar-refractivity contribution in [3.05, 3.63) is 41.0 Å². The number of H-pyrrole nitrogens is 1. The number of aryl methyl sites for hydroxylation is 1. The van der Waals surface area contributed by atoms with Gasteiger partial charge in [-0.2, -0.15) is 0 Å². The Labute approximate surface area is 138 Å². The van der Waals surface area contributed by atoms with E-state index in [0.29, 0.717) is 29.6 Å². The Kier molecular flexibility index (Phi) is 3.11. The molecule has 0 unspecified atom stereocenters. The summed E-state index contributed by atoms with van der Waals surface area (Å²) in [6.07, 6.45) is 0. The van der Waals surface area contributed by atoms with E-state index in [2.05, 4.69) is 10.3 Å². The van der Waals surface area contributed by atoms with Gasteiger partial charge in [-0.15, -0.1) is 0 Å². The minimum Gasteiger partial charge on any atom is -0.508 e. The van der Waals surface area contributed by atoms with Crippen molar-refractivity contribution in [2.75, 3.05) is 20.1 Å². The second-order valence-corrected chi connectivity index (χ2v) is 6.09. The van der Waals surface area contributed by atoms with Gasteiger partial charge in [0.2, 0.25) is 0 Å². The van der Waals surface area contributed by atoms with Crippen molar-refractivity contribution in [2.45, 2.75) is 6.92 Å². The number of carbonyl (C=O) groups excluding carboxylic acids is 2. The number of phenols is 1. The Hall–Kier alpha value is -2.86. The van der Waals surface area contributed by atoms with Crippen LogP contribution in [0.25, 0.3) is 21.8 Å². The molecule has 3 aromatic rings. The van der Waals surface area contributed by atoms with E-state index >= 15 is 0 Å². The van der Waals surface area contributed by atoms with Crippen LogP contribution in [0.3, 0.4) is 0 Å². The quantitative estimate of drug-likeness (QED) is 0.645. The Morgan fingerprint density at radius 3 is 2.75 bits per heavy atom. The summed E-state index contributed by atoms with van der Waals surface area (Å²) >= 11 is 0. The number of hydrogen-bond donors (Lipinski definition) is 3. The van der Waals surface area contributed by atoms with Crippen LogP contribution in [0.5, 0.6) is 5.75 Å². The first-order chi connectivity index (χ1) is 11.5.